The fourth-order valence-corrected chi connectivity index (χ4v) is 3.56. The summed E-state index contributed by atoms with van der Waals surface area (Å²) in [4.78, 5) is 9.11. The number of hydrogen-bond acceptors (Lipinski definition) is 2. The van der Waals surface area contributed by atoms with E-state index in [-0.39, 0.29) is 0 Å². The first-order valence-corrected chi connectivity index (χ1v) is 8.83. The van der Waals surface area contributed by atoms with Crippen LogP contribution in [0.15, 0.2) is 49.3 Å². The van der Waals surface area contributed by atoms with Crippen molar-refractivity contribution in [3.05, 3.63) is 59.9 Å². The van der Waals surface area contributed by atoms with Gasteiger partial charge >= 0.3 is 0 Å². The number of nitrogens with zero attached hydrogens (tertiary/aromatic N) is 2. The highest BCUT2D eigenvalue weighted by Gasteiger charge is 2.22. The minimum absolute atomic E-state index is 0.620. The van der Waals surface area contributed by atoms with Crippen molar-refractivity contribution in [3.63, 3.8) is 0 Å². The smallest absolute Gasteiger partial charge is 0.159 e. The number of hydrogen-bond donors (Lipinski definition) is 0. The summed E-state index contributed by atoms with van der Waals surface area (Å²) in [6.07, 6.45) is 13.6. The highest BCUT2D eigenvalue weighted by molar-refractivity contribution is 6.30. The standard InChI is InChI=1S/C20H23ClN2/c1-2-3-4-15-5-7-16(8-6-15)18-13-22-20(23-14-18)17-9-11-19(21)12-10-17/h2,9-16H,1,3-8H2. The van der Waals surface area contributed by atoms with Crippen LogP contribution in [0.2, 0.25) is 5.02 Å². The van der Waals surface area contributed by atoms with Crippen LogP contribution >= 0.6 is 11.6 Å². The monoisotopic (exact) mass is 326 g/mol. The maximum absolute atomic E-state index is 5.92. The van der Waals surface area contributed by atoms with E-state index in [1.54, 1.807) is 0 Å². The molecule has 0 atom stereocenters. The average Bonchev–Trinajstić information content (AvgIpc) is 2.61. The van der Waals surface area contributed by atoms with Crippen molar-refractivity contribution in [2.24, 2.45) is 5.92 Å². The van der Waals surface area contributed by atoms with Gasteiger partial charge in [-0.15, -0.1) is 6.58 Å². The lowest BCUT2D eigenvalue weighted by Crippen LogP contribution is -2.13. The molecule has 0 bridgehead atoms. The molecule has 0 aliphatic heterocycles. The van der Waals surface area contributed by atoms with Crippen molar-refractivity contribution >= 4 is 11.6 Å². The number of rotatable bonds is 5. The lowest BCUT2D eigenvalue weighted by Gasteiger charge is -2.28. The first kappa shape index (κ1) is 16.2. The van der Waals surface area contributed by atoms with Crippen LogP contribution < -0.4 is 0 Å². The Kier molecular flexibility index (Phi) is 5.45. The van der Waals surface area contributed by atoms with Crippen LogP contribution in [0.5, 0.6) is 0 Å². The summed E-state index contributed by atoms with van der Waals surface area (Å²) in [6, 6.07) is 7.67. The molecule has 0 unspecified atom stereocenters. The molecule has 120 valence electrons. The van der Waals surface area contributed by atoms with Gasteiger partial charge in [0.2, 0.25) is 0 Å². The lowest BCUT2D eigenvalue weighted by molar-refractivity contribution is 0.311. The summed E-state index contributed by atoms with van der Waals surface area (Å²) in [5, 5.41) is 0.735. The normalized spacial score (nSPS) is 21.1. The van der Waals surface area contributed by atoms with Gasteiger partial charge in [0, 0.05) is 23.0 Å². The Balaban J connectivity index is 1.62. The van der Waals surface area contributed by atoms with Crippen LogP contribution in [0, 0.1) is 5.92 Å². The van der Waals surface area contributed by atoms with Gasteiger partial charge in [0.25, 0.3) is 0 Å². The second kappa shape index (κ2) is 7.74. The van der Waals surface area contributed by atoms with Gasteiger partial charge in [-0.05, 0) is 80.2 Å². The minimum atomic E-state index is 0.620. The van der Waals surface area contributed by atoms with E-state index < -0.39 is 0 Å². The molecule has 1 aliphatic carbocycles. The number of allylic oxidation sites excluding steroid dienone is 1. The molecule has 0 amide bonds. The molecule has 1 aliphatic rings. The molecule has 1 fully saturated rings. The molecular formula is C20H23ClN2. The topological polar surface area (TPSA) is 25.8 Å². The third-order valence-corrected chi connectivity index (χ3v) is 5.12. The average molecular weight is 327 g/mol. The van der Waals surface area contributed by atoms with Gasteiger partial charge < -0.3 is 0 Å². The second-order valence-corrected chi connectivity index (χ2v) is 6.87. The van der Waals surface area contributed by atoms with Crippen LogP contribution in [0.4, 0.5) is 0 Å². The van der Waals surface area contributed by atoms with Crippen LogP contribution in [0.3, 0.4) is 0 Å². The Morgan fingerprint density at radius 3 is 2.30 bits per heavy atom. The van der Waals surface area contributed by atoms with Crippen molar-refractivity contribution in [1.82, 2.24) is 9.97 Å². The third kappa shape index (κ3) is 4.20. The summed E-state index contributed by atoms with van der Waals surface area (Å²) < 4.78 is 0. The first-order chi connectivity index (χ1) is 11.3. The maximum Gasteiger partial charge on any atom is 0.159 e. The van der Waals surface area contributed by atoms with Gasteiger partial charge in [-0.3, -0.25) is 0 Å². The Morgan fingerprint density at radius 2 is 1.70 bits per heavy atom. The zero-order chi connectivity index (χ0) is 16.1. The van der Waals surface area contributed by atoms with E-state index in [1.807, 2.05) is 42.7 Å². The molecule has 23 heavy (non-hydrogen) atoms. The van der Waals surface area contributed by atoms with Gasteiger partial charge in [-0.2, -0.15) is 0 Å². The molecule has 2 nitrogen and oxygen atoms in total. The quantitative estimate of drug-likeness (QED) is 0.626. The van der Waals surface area contributed by atoms with Crippen LogP contribution in [-0.4, -0.2) is 9.97 Å². The predicted octanol–water partition coefficient (Wildman–Crippen LogP) is 6.04. The maximum atomic E-state index is 5.92. The zero-order valence-corrected chi connectivity index (χ0v) is 14.2. The Morgan fingerprint density at radius 1 is 1.04 bits per heavy atom. The van der Waals surface area contributed by atoms with Crippen molar-refractivity contribution < 1.29 is 0 Å². The van der Waals surface area contributed by atoms with E-state index in [0.717, 1.165) is 28.7 Å². The lowest BCUT2D eigenvalue weighted by atomic mass is 9.78. The molecule has 2 aromatic rings. The van der Waals surface area contributed by atoms with Crippen LogP contribution in [-0.2, 0) is 0 Å². The molecule has 1 aromatic heterocycles. The number of benzene rings is 1. The van der Waals surface area contributed by atoms with E-state index in [1.165, 1.54) is 37.7 Å². The van der Waals surface area contributed by atoms with Crippen LogP contribution in [0.25, 0.3) is 11.4 Å². The molecule has 0 saturated heterocycles. The molecule has 0 N–H and O–H groups in total. The molecule has 3 rings (SSSR count). The summed E-state index contributed by atoms with van der Waals surface area (Å²) in [6.45, 7) is 3.82. The number of aromatic nitrogens is 2. The van der Waals surface area contributed by atoms with Gasteiger partial charge in [-0.25, -0.2) is 9.97 Å². The summed E-state index contributed by atoms with van der Waals surface area (Å²) in [7, 11) is 0. The van der Waals surface area contributed by atoms with E-state index >= 15 is 0 Å². The summed E-state index contributed by atoms with van der Waals surface area (Å²) in [5.74, 6) is 2.26. The van der Waals surface area contributed by atoms with Crippen molar-refractivity contribution in [3.8, 4) is 11.4 Å². The number of halogens is 1. The molecule has 0 radical (unpaired) electrons. The molecule has 1 saturated carbocycles. The molecule has 3 heteroatoms. The van der Waals surface area contributed by atoms with E-state index in [9.17, 15) is 0 Å². The molecule has 0 spiro atoms. The van der Waals surface area contributed by atoms with E-state index in [2.05, 4.69) is 16.5 Å². The highest BCUT2D eigenvalue weighted by atomic mass is 35.5. The van der Waals surface area contributed by atoms with Crippen molar-refractivity contribution in [2.75, 3.05) is 0 Å². The summed E-state index contributed by atoms with van der Waals surface area (Å²) in [5.41, 5.74) is 2.29. The Bertz CT molecular complexity index is 626. The van der Waals surface area contributed by atoms with Crippen molar-refractivity contribution in [2.45, 2.75) is 44.4 Å². The second-order valence-electron chi connectivity index (χ2n) is 6.43. The fourth-order valence-electron chi connectivity index (χ4n) is 3.43. The molecule has 1 heterocycles. The van der Waals surface area contributed by atoms with Gasteiger partial charge in [0.15, 0.2) is 5.82 Å². The van der Waals surface area contributed by atoms with Crippen LogP contribution in [0.1, 0.15) is 50.0 Å². The SMILES string of the molecule is C=CCCC1CCC(c2cnc(-c3ccc(Cl)cc3)nc2)CC1. The molecular weight excluding hydrogens is 304 g/mol. The fraction of sp³-hybridized carbons (Fsp3) is 0.400. The van der Waals surface area contributed by atoms with Gasteiger partial charge in [-0.1, -0.05) is 17.7 Å². The Labute approximate surface area is 143 Å². The minimum Gasteiger partial charge on any atom is -0.236 e. The Hall–Kier alpha value is -1.67. The van der Waals surface area contributed by atoms with Gasteiger partial charge in [0.1, 0.15) is 0 Å². The predicted molar refractivity (Wildman–Crippen MR) is 96.6 cm³/mol. The highest BCUT2D eigenvalue weighted by Crippen LogP contribution is 2.37. The van der Waals surface area contributed by atoms with E-state index in [4.69, 9.17) is 11.6 Å². The van der Waals surface area contributed by atoms with Crippen molar-refractivity contribution in [1.29, 1.82) is 0 Å². The largest absolute Gasteiger partial charge is 0.236 e. The molecule has 1 aromatic carbocycles. The summed E-state index contributed by atoms with van der Waals surface area (Å²) >= 11 is 5.92. The third-order valence-electron chi connectivity index (χ3n) is 4.87. The van der Waals surface area contributed by atoms with Gasteiger partial charge in [0.05, 0.1) is 0 Å². The zero-order valence-electron chi connectivity index (χ0n) is 13.4. The van der Waals surface area contributed by atoms with E-state index in [0.29, 0.717) is 5.92 Å². The first-order valence-electron chi connectivity index (χ1n) is 8.45.